The molecule has 0 saturated carbocycles. The van der Waals surface area contributed by atoms with E-state index in [1.807, 2.05) is 0 Å². The topological polar surface area (TPSA) is 149 Å². The van der Waals surface area contributed by atoms with Gasteiger partial charge >= 0.3 is 23.9 Å². The summed E-state index contributed by atoms with van der Waals surface area (Å²) < 4.78 is 0. The molecular formula is C8H10O8. The number of rotatable bonds is 7. The molecule has 0 aliphatic heterocycles. The first-order chi connectivity index (χ1) is 7.25. The van der Waals surface area contributed by atoms with E-state index in [-0.39, 0.29) is 0 Å². The molecule has 0 amide bonds. The van der Waals surface area contributed by atoms with E-state index >= 15 is 0 Å². The summed E-state index contributed by atoms with van der Waals surface area (Å²) in [5, 5.41) is 34.0. The first kappa shape index (κ1) is 13.9. The number of hydrogen-bond acceptors (Lipinski definition) is 4. The van der Waals surface area contributed by atoms with E-state index < -0.39 is 48.6 Å². The Morgan fingerprint density at radius 3 is 1.25 bits per heavy atom. The third kappa shape index (κ3) is 4.40. The SMILES string of the molecule is O=C(O)CC(CC(=O)O)C(C(=O)O)C(=O)O. The molecule has 0 aromatic rings. The van der Waals surface area contributed by atoms with Crippen molar-refractivity contribution in [2.75, 3.05) is 0 Å². The molecule has 0 unspecified atom stereocenters. The van der Waals surface area contributed by atoms with Crippen LogP contribution >= 0.6 is 0 Å². The summed E-state index contributed by atoms with van der Waals surface area (Å²) in [7, 11) is 0. The van der Waals surface area contributed by atoms with Gasteiger partial charge in [0.2, 0.25) is 0 Å². The number of carboxylic acids is 4. The number of carbonyl (C=O) groups is 4. The smallest absolute Gasteiger partial charge is 0.318 e. The number of aliphatic carboxylic acids is 4. The monoisotopic (exact) mass is 234 g/mol. The molecule has 0 radical (unpaired) electrons. The van der Waals surface area contributed by atoms with Gasteiger partial charge < -0.3 is 20.4 Å². The molecule has 8 nitrogen and oxygen atoms in total. The van der Waals surface area contributed by atoms with Crippen LogP contribution in [0.3, 0.4) is 0 Å². The fourth-order valence-corrected chi connectivity index (χ4v) is 1.27. The van der Waals surface area contributed by atoms with Crippen molar-refractivity contribution < 1.29 is 39.6 Å². The molecule has 8 heteroatoms. The molecule has 0 saturated heterocycles. The summed E-state index contributed by atoms with van der Waals surface area (Å²) in [5.74, 6) is -9.91. The Morgan fingerprint density at radius 1 is 0.750 bits per heavy atom. The van der Waals surface area contributed by atoms with Crippen LogP contribution in [0, 0.1) is 11.8 Å². The van der Waals surface area contributed by atoms with Gasteiger partial charge in [-0.05, 0) is 0 Å². The molecule has 0 aliphatic carbocycles. The fraction of sp³-hybridized carbons (Fsp3) is 0.500. The van der Waals surface area contributed by atoms with Gasteiger partial charge in [0.05, 0.1) is 12.8 Å². The van der Waals surface area contributed by atoms with Gasteiger partial charge in [-0.3, -0.25) is 19.2 Å². The second-order valence-electron chi connectivity index (χ2n) is 3.11. The molecule has 90 valence electrons. The fourth-order valence-electron chi connectivity index (χ4n) is 1.27. The van der Waals surface area contributed by atoms with Gasteiger partial charge in [0.1, 0.15) is 0 Å². The molecular weight excluding hydrogens is 224 g/mol. The Balaban J connectivity index is 4.94. The van der Waals surface area contributed by atoms with Crippen LogP contribution in [-0.4, -0.2) is 44.3 Å². The Hall–Kier alpha value is -2.12. The second kappa shape index (κ2) is 5.69. The maximum atomic E-state index is 10.6. The summed E-state index contributed by atoms with van der Waals surface area (Å²) in [6.07, 6.45) is -1.65. The van der Waals surface area contributed by atoms with Crippen molar-refractivity contribution in [2.45, 2.75) is 12.8 Å². The van der Waals surface area contributed by atoms with Gasteiger partial charge in [-0.15, -0.1) is 0 Å². The van der Waals surface area contributed by atoms with Gasteiger partial charge in [0.15, 0.2) is 5.92 Å². The molecule has 0 aliphatic rings. The minimum absolute atomic E-state index is 0.824. The zero-order chi connectivity index (χ0) is 12.9. The predicted octanol–water partition coefficient (Wildman–Crippen LogP) is -0.663. The molecule has 0 aromatic carbocycles. The van der Waals surface area contributed by atoms with Crippen molar-refractivity contribution >= 4 is 23.9 Å². The lowest BCUT2D eigenvalue weighted by molar-refractivity contribution is -0.158. The quantitative estimate of drug-likeness (QED) is 0.424. The summed E-state index contributed by atoms with van der Waals surface area (Å²) in [6, 6.07) is 0. The molecule has 4 N–H and O–H groups in total. The van der Waals surface area contributed by atoms with Crippen LogP contribution in [0.2, 0.25) is 0 Å². The summed E-state index contributed by atoms with van der Waals surface area (Å²) >= 11 is 0. The Morgan fingerprint density at radius 2 is 1.06 bits per heavy atom. The highest BCUT2D eigenvalue weighted by molar-refractivity contribution is 5.94. The van der Waals surface area contributed by atoms with Crippen LogP contribution in [0.5, 0.6) is 0 Å². The lowest BCUT2D eigenvalue weighted by Crippen LogP contribution is -2.34. The van der Waals surface area contributed by atoms with Crippen LogP contribution in [0.4, 0.5) is 0 Å². The summed E-state index contributed by atoms with van der Waals surface area (Å²) in [4.78, 5) is 41.9. The van der Waals surface area contributed by atoms with Crippen LogP contribution in [0.25, 0.3) is 0 Å². The Labute approximate surface area is 89.1 Å². The maximum absolute atomic E-state index is 10.6. The zero-order valence-corrected chi connectivity index (χ0v) is 7.99. The first-order valence-corrected chi connectivity index (χ1v) is 4.15. The van der Waals surface area contributed by atoms with Crippen molar-refractivity contribution in [3.05, 3.63) is 0 Å². The van der Waals surface area contributed by atoms with Crippen molar-refractivity contribution in [3.8, 4) is 0 Å². The standard InChI is InChI=1S/C8H10O8/c9-4(10)1-3(2-5(11)12)6(7(13)14)8(15)16/h3,6H,1-2H2,(H,9,10)(H,11,12)(H,13,14)(H,15,16). The van der Waals surface area contributed by atoms with E-state index in [0.717, 1.165) is 0 Å². The van der Waals surface area contributed by atoms with Gasteiger partial charge in [-0.1, -0.05) is 0 Å². The maximum Gasteiger partial charge on any atom is 0.318 e. The molecule has 0 fully saturated rings. The summed E-state index contributed by atoms with van der Waals surface area (Å²) in [5.41, 5.74) is 0. The van der Waals surface area contributed by atoms with Crippen molar-refractivity contribution in [3.63, 3.8) is 0 Å². The van der Waals surface area contributed by atoms with E-state index in [1.165, 1.54) is 0 Å². The number of hydrogen-bond donors (Lipinski definition) is 4. The molecule has 0 bridgehead atoms. The van der Waals surface area contributed by atoms with Crippen molar-refractivity contribution in [1.82, 2.24) is 0 Å². The summed E-state index contributed by atoms with van der Waals surface area (Å²) in [6.45, 7) is 0. The molecule has 0 atom stereocenters. The Kier molecular flexibility index (Phi) is 4.93. The van der Waals surface area contributed by atoms with Gasteiger partial charge in [-0.25, -0.2) is 0 Å². The van der Waals surface area contributed by atoms with Crippen LogP contribution in [0.15, 0.2) is 0 Å². The third-order valence-corrected chi connectivity index (χ3v) is 1.88. The van der Waals surface area contributed by atoms with Gasteiger partial charge in [0, 0.05) is 5.92 Å². The Bertz CT molecular complexity index is 290. The van der Waals surface area contributed by atoms with E-state index in [1.54, 1.807) is 0 Å². The highest BCUT2D eigenvalue weighted by Crippen LogP contribution is 2.21. The van der Waals surface area contributed by atoms with E-state index in [4.69, 9.17) is 20.4 Å². The first-order valence-electron chi connectivity index (χ1n) is 4.15. The molecule has 0 aromatic heterocycles. The zero-order valence-electron chi connectivity index (χ0n) is 7.99. The number of carboxylic acid groups (broad SMARTS) is 4. The lowest BCUT2D eigenvalue weighted by Gasteiger charge is -2.16. The van der Waals surface area contributed by atoms with Crippen molar-refractivity contribution in [1.29, 1.82) is 0 Å². The van der Waals surface area contributed by atoms with Gasteiger partial charge in [0.25, 0.3) is 0 Å². The minimum atomic E-state index is -2.04. The molecule has 16 heavy (non-hydrogen) atoms. The highest BCUT2D eigenvalue weighted by Gasteiger charge is 2.37. The van der Waals surface area contributed by atoms with Crippen LogP contribution in [0.1, 0.15) is 12.8 Å². The largest absolute Gasteiger partial charge is 0.481 e. The predicted molar refractivity (Wildman–Crippen MR) is 46.8 cm³/mol. The van der Waals surface area contributed by atoms with Gasteiger partial charge in [-0.2, -0.15) is 0 Å². The molecule has 0 rings (SSSR count). The normalized spacial score (nSPS) is 10.4. The lowest BCUT2D eigenvalue weighted by atomic mass is 9.87. The third-order valence-electron chi connectivity index (χ3n) is 1.88. The second-order valence-corrected chi connectivity index (χ2v) is 3.11. The molecule has 0 spiro atoms. The van der Waals surface area contributed by atoms with Crippen LogP contribution in [-0.2, 0) is 19.2 Å². The minimum Gasteiger partial charge on any atom is -0.481 e. The van der Waals surface area contributed by atoms with E-state index in [9.17, 15) is 19.2 Å². The van der Waals surface area contributed by atoms with Crippen molar-refractivity contribution in [2.24, 2.45) is 11.8 Å². The average Bonchev–Trinajstić information content (AvgIpc) is 1.98. The highest BCUT2D eigenvalue weighted by atomic mass is 16.4. The average molecular weight is 234 g/mol. The van der Waals surface area contributed by atoms with E-state index in [2.05, 4.69) is 0 Å². The van der Waals surface area contributed by atoms with E-state index in [0.29, 0.717) is 0 Å². The van der Waals surface area contributed by atoms with Crippen LogP contribution < -0.4 is 0 Å². The molecule has 0 heterocycles.